The lowest BCUT2D eigenvalue weighted by atomic mass is 9.83. The Morgan fingerprint density at radius 2 is 1.94 bits per heavy atom. The smallest absolute Gasteiger partial charge is 0.222 e. The lowest BCUT2D eigenvalue weighted by molar-refractivity contribution is -0.123. The lowest BCUT2D eigenvalue weighted by Crippen LogP contribution is -2.51. The molecule has 1 aliphatic rings. The van der Waals surface area contributed by atoms with Crippen molar-refractivity contribution in [3.8, 4) is 11.3 Å². The van der Waals surface area contributed by atoms with Gasteiger partial charge in [0, 0.05) is 25.1 Å². The molecule has 1 amide bonds. The molecule has 4 rings (SSSR count). The van der Waals surface area contributed by atoms with Crippen LogP contribution in [0.5, 0.6) is 0 Å². The molecule has 0 saturated carbocycles. The van der Waals surface area contributed by atoms with Crippen LogP contribution in [0.3, 0.4) is 0 Å². The fourth-order valence-electron chi connectivity index (χ4n) is 4.56. The standard InChI is InChI=1S/C25H29FN4O3S/c1-30-17-28-16-23(30)19-6-4-7-20(13-19)25(9-11-34(32,33)12-10-25)29-24(31)15-21(27)14-18-5-2-3-8-22(18)26/h2-8,13,16-17,21H,9-12,14-15,27H2,1H3,(H,29,31)/t21-/m1/s1. The number of imidazole rings is 1. The van der Waals surface area contributed by atoms with Crippen molar-refractivity contribution in [1.82, 2.24) is 14.9 Å². The summed E-state index contributed by atoms with van der Waals surface area (Å²) in [6.45, 7) is 0. The number of nitrogens with two attached hydrogens (primary N) is 1. The van der Waals surface area contributed by atoms with Crippen LogP contribution in [0, 0.1) is 5.82 Å². The van der Waals surface area contributed by atoms with Gasteiger partial charge in [0.05, 0.1) is 35.3 Å². The van der Waals surface area contributed by atoms with Crippen LogP contribution >= 0.6 is 0 Å². The van der Waals surface area contributed by atoms with Gasteiger partial charge in [-0.05, 0) is 42.5 Å². The number of hydrogen-bond donors (Lipinski definition) is 2. The molecule has 1 aromatic heterocycles. The number of aryl methyl sites for hydroxylation is 1. The van der Waals surface area contributed by atoms with E-state index in [4.69, 9.17) is 5.73 Å². The van der Waals surface area contributed by atoms with Crippen LogP contribution in [-0.4, -0.2) is 41.4 Å². The molecule has 1 fully saturated rings. The van der Waals surface area contributed by atoms with E-state index in [1.165, 1.54) is 6.07 Å². The van der Waals surface area contributed by atoms with Gasteiger partial charge in [-0.25, -0.2) is 17.8 Å². The maximum Gasteiger partial charge on any atom is 0.222 e. The number of carbonyl (C=O) groups is 1. The molecule has 0 bridgehead atoms. The molecule has 2 heterocycles. The molecule has 1 atom stereocenters. The fraction of sp³-hybridized carbons (Fsp3) is 0.360. The van der Waals surface area contributed by atoms with Crippen molar-refractivity contribution in [3.63, 3.8) is 0 Å². The third-order valence-electron chi connectivity index (χ3n) is 6.47. The van der Waals surface area contributed by atoms with Gasteiger partial charge in [-0.1, -0.05) is 36.4 Å². The minimum absolute atomic E-state index is 0.00422. The highest BCUT2D eigenvalue weighted by Gasteiger charge is 2.40. The Kier molecular flexibility index (Phi) is 6.86. The molecule has 180 valence electrons. The van der Waals surface area contributed by atoms with E-state index in [0.717, 1.165) is 16.8 Å². The molecule has 2 aromatic carbocycles. The number of carbonyl (C=O) groups excluding carboxylic acids is 1. The summed E-state index contributed by atoms with van der Waals surface area (Å²) in [7, 11) is -1.26. The number of amides is 1. The largest absolute Gasteiger partial charge is 0.346 e. The maximum absolute atomic E-state index is 14.0. The fourth-order valence-corrected chi connectivity index (χ4v) is 6.08. The van der Waals surface area contributed by atoms with Crippen molar-refractivity contribution in [1.29, 1.82) is 0 Å². The molecule has 1 aliphatic heterocycles. The van der Waals surface area contributed by atoms with Crippen molar-refractivity contribution >= 4 is 15.7 Å². The highest BCUT2D eigenvalue weighted by Crippen LogP contribution is 2.36. The van der Waals surface area contributed by atoms with Gasteiger partial charge in [0.2, 0.25) is 5.91 Å². The quantitative estimate of drug-likeness (QED) is 0.536. The van der Waals surface area contributed by atoms with Gasteiger partial charge in [0.25, 0.3) is 0 Å². The summed E-state index contributed by atoms with van der Waals surface area (Å²) in [6, 6.07) is 13.6. The SMILES string of the molecule is Cn1cncc1-c1cccc(C2(NC(=O)C[C@H](N)Cc3ccccc3F)CCS(=O)(=O)CC2)c1. The van der Waals surface area contributed by atoms with E-state index in [1.54, 1.807) is 30.7 Å². The molecule has 3 N–H and O–H groups in total. The molecule has 0 unspecified atom stereocenters. The van der Waals surface area contributed by atoms with Gasteiger partial charge in [0.1, 0.15) is 5.82 Å². The van der Waals surface area contributed by atoms with Gasteiger partial charge >= 0.3 is 0 Å². The van der Waals surface area contributed by atoms with Crippen molar-refractivity contribution in [2.75, 3.05) is 11.5 Å². The van der Waals surface area contributed by atoms with E-state index >= 15 is 0 Å². The second-order valence-corrected chi connectivity index (χ2v) is 11.3. The highest BCUT2D eigenvalue weighted by molar-refractivity contribution is 7.91. The summed E-state index contributed by atoms with van der Waals surface area (Å²) in [5, 5.41) is 3.11. The van der Waals surface area contributed by atoms with Crippen molar-refractivity contribution < 1.29 is 17.6 Å². The first kappa shape index (κ1) is 24.1. The zero-order valence-corrected chi connectivity index (χ0v) is 19.9. The van der Waals surface area contributed by atoms with E-state index in [2.05, 4.69) is 10.3 Å². The average Bonchev–Trinajstić information content (AvgIpc) is 3.23. The third-order valence-corrected chi connectivity index (χ3v) is 8.13. The Bertz CT molecular complexity index is 1270. The van der Waals surface area contributed by atoms with Crippen LogP contribution in [-0.2, 0) is 33.6 Å². The molecule has 0 spiro atoms. The molecular weight excluding hydrogens is 455 g/mol. The average molecular weight is 485 g/mol. The predicted octanol–water partition coefficient (Wildman–Crippen LogP) is 2.71. The molecule has 9 heteroatoms. The summed E-state index contributed by atoms with van der Waals surface area (Å²) in [4.78, 5) is 17.2. The monoisotopic (exact) mass is 484 g/mol. The minimum atomic E-state index is -3.16. The van der Waals surface area contributed by atoms with Gasteiger partial charge in [0.15, 0.2) is 9.84 Å². The second-order valence-electron chi connectivity index (χ2n) is 9.01. The van der Waals surface area contributed by atoms with Gasteiger partial charge in [-0.3, -0.25) is 4.79 Å². The number of nitrogens with one attached hydrogen (secondary N) is 1. The molecule has 7 nitrogen and oxygen atoms in total. The first-order valence-electron chi connectivity index (χ1n) is 11.3. The number of sulfone groups is 1. The molecule has 34 heavy (non-hydrogen) atoms. The van der Waals surface area contributed by atoms with E-state index in [9.17, 15) is 17.6 Å². The zero-order valence-electron chi connectivity index (χ0n) is 19.1. The number of halogens is 1. The van der Waals surface area contributed by atoms with Gasteiger partial charge < -0.3 is 15.6 Å². The predicted molar refractivity (Wildman–Crippen MR) is 129 cm³/mol. The van der Waals surface area contributed by atoms with Crippen LogP contribution in [0.2, 0.25) is 0 Å². The summed E-state index contributed by atoms with van der Waals surface area (Å²) in [6.07, 6.45) is 4.26. The first-order valence-corrected chi connectivity index (χ1v) is 13.1. The molecular formula is C25H29FN4O3S. The molecule has 0 radical (unpaired) electrons. The van der Waals surface area contributed by atoms with E-state index in [-0.39, 0.29) is 48.9 Å². The Hall–Kier alpha value is -3.04. The lowest BCUT2D eigenvalue weighted by Gasteiger charge is -2.39. The van der Waals surface area contributed by atoms with Crippen LogP contribution < -0.4 is 11.1 Å². The summed E-state index contributed by atoms with van der Waals surface area (Å²) >= 11 is 0. The summed E-state index contributed by atoms with van der Waals surface area (Å²) in [5.74, 6) is -0.650. The van der Waals surface area contributed by atoms with Crippen LogP contribution in [0.25, 0.3) is 11.3 Å². The van der Waals surface area contributed by atoms with Crippen molar-refractivity contribution in [3.05, 3.63) is 78.0 Å². The van der Waals surface area contributed by atoms with Crippen molar-refractivity contribution in [2.24, 2.45) is 12.8 Å². The first-order chi connectivity index (χ1) is 16.2. The number of nitrogens with zero attached hydrogens (tertiary/aromatic N) is 2. The number of benzene rings is 2. The third kappa shape index (κ3) is 5.37. The Labute approximate surface area is 199 Å². The molecule has 3 aromatic rings. The number of hydrogen-bond acceptors (Lipinski definition) is 5. The maximum atomic E-state index is 14.0. The van der Waals surface area contributed by atoms with E-state index < -0.39 is 21.4 Å². The summed E-state index contributed by atoms with van der Waals surface area (Å²) in [5.41, 5.74) is 8.50. The highest BCUT2D eigenvalue weighted by atomic mass is 32.2. The molecule has 0 aliphatic carbocycles. The van der Waals surface area contributed by atoms with Crippen molar-refractivity contribution in [2.45, 2.75) is 37.3 Å². The van der Waals surface area contributed by atoms with E-state index in [1.807, 2.05) is 35.9 Å². The zero-order chi connectivity index (χ0) is 24.3. The summed E-state index contributed by atoms with van der Waals surface area (Å²) < 4.78 is 40.3. The van der Waals surface area contributed by atoms with Crippen LogP contribution in [0.4, 0.5) is 4.39 Å². The number of aromatic nitrogens is 2. The molecule has 1 saturated heterocycles. The normalized spacial score (nSPS) is 17.7. The number of rotatable bonds is 7. The minimum Gasteiger partial charge on any atom is -0.346 e. The Balaban J connectivity index is 1.56. The topological polar surface area (TPSA) is 107 Å². The van der Waals surface area contributed by atoms with Crippen LogP contribution in [0.1, 0.15) is 30.4 Å². The van der Waals surface area contributed by atoms with Gasteiger partial charge in [-0.15, -0.1) is 0 Å². The Morgan fingerprint density at radius 3 is 2.62 bits per heavy atom. The van der Waals surface area contributed by atoms with Gasteiger partial charge in [-0.2, -0.15) is 0 Å². The second kappa shape index (κ2) is 9.68. The van der Waals surface area contributed by atoms with Crippen LogP contribution in [0.15, 0.2) is 61.1 Å². The Morgan fingerprint density at radius 1 is 1.21 bits per heavy atom. The van der Waals surface area contributed by atoms with E-state index in [0.29, 0.717) is 5.56 Å².